The van der Waals surface area contributed by atoms with Crippen molar-refractivity contribution in [2.24, 2.45) is 0 Å². The topological polar surface area (TPSA) is 63.2 Å². The van der Waals surface area contributed by atoms with E-state index in [9.17, 15) is 9.18 Å². The molecule has 1 aromatic heterocycles. The van der Waals surface area contributed by atoms with E-state index in [0.29, 0.717) is 16.4 Å². The Morgan fingerprint density at radius 1 is 1.20 bits per heavy atom. The average Bonchev–Trinajstić information content (AvgIpc) is 3.16. The molecule has 0 saturated carbocycles. The van der Waals surface area contributed by atoms with Gasteiger partial charge in [-0.25, -0.2) is 9.37 Å². The summed E-state index contributed by atoms with van der Waals surface area (Å²) in [7, 11) is 1.57. The Kier molecular flexibility index (Phi) is 5.52. The lowest BCUT2D eigenvalue weighted by molar-refractivity contribution is 0.102. The van der Waals surface area contributed by atoms with Crippen LogP contribution in [0, 0.1) is 5.82 Å². The molecule has 8 heteroatoms. The zero-order chi connectivity index (χ0) is 17.6. The molecule has 0 spiro atoms. The molecule has 5 nitrogen and oxygen atoms in total. The van der Waals surface area contributed by atoms with E-state index in [1.165, 1.54) is 35.4 Å². The molecule has 3 aromatic rings. The normalized spacial score (nSPS) is 10.3. The van der Waals surface area contributed by atoms with Crippen LogP contribution < -0.4 is 14.8 Å². The molecule has 2 aromatic carbocycles. The zero-order valence-corrected chi connectivity index (χ0v) is 14.8. The van der Waals surface area contributed by atoms with E-state index in [1.54, 1.807) is 49.0 Å². The van der Waals surface area contributed by atoms with Crippen molar-refractivity contribution in [3.8, 4) is 5.75 Å². The maximum atomic E-state index is 13.0. The van der Waals surface area contributed by atoms with Gasteiger partial charge in [-0.3, -0.25) is 4.79 Å². The van der Waals surface area contributed by atoms with Gasteiger partial charge in [-0.1, -0.05) is 0 Å². The summed E-state index contributed by atoms with van der Waals surface area (Å²) in [6.45, 7) is 0. The highest BCUT2D eigenvalue weighted by atomic mass is 32.2. The Balaban J connectivity index is 1.73. The van der Waals surface area contributed by atoms with Crippen LogP contribution in [0.4, 0.5) is 15.8 Å². The van der Waals surface area contributed by atoms with Crippen molar-refractivity contribution in [3.63, 3.8) is 0 Å². The molecule has 0 atom stereocenters. The molecule has 0 unspecified atom stereocenters. The number of anilines is 2. The van der Waals surface area contributed by atoms with Gasteiger partial charge >= 0.3 is 0 Å². The highest BCUT2D eigenvalue weighted by Crippen LogP contribution is 2.32. The van der Waals surface area contributed by atoms with E-state index in [1.807, 2.05) is 0 Å². The molecule has 0 aliphatic rings. The summed E-state index contributed by atoms with van der Waals surface area (Å²) in [6, 6.07) is 11.4. The molecule has 0 aliphatic heterocycles. The number of halogens is 1. The molecular weight excluding hydrogens is 361 g/mol. The fraction of sp³-hybridized carbons (Fsp3) is 0.0588. The molecule has 0 saturated heterocycles. The molecule has 3 rings (SSSR count). The molecule has 1 heterocycles. The molecule has 2 N–H and O–H groups in total. The van der Waals surface area contributed by atoms with Gasteiger partial charge in [0.2, 0.25) is 0 Å². The number of benzene rings is 2. The molecule has 0 fully saturated rings. The first-order valence-corrected chi connectivity index (χ1v) is 8.92. The van der Waals surface area contributed by atoms with Crippen LogP contribution in [0.5, 0.6) is 5.75 Å². The Morgan fingerprint density at radius 2 is 1.96 bits per heavy atom. The summed E-state index contributed by atoms with van der Waals surface area (Å²) in [6.07, 6.45) is 1.58. The molecule has 0 aliphatic carbocycles. The van der Waals surface area contributed by atoms with Crippen molar-refractivity contribution >= 4 is 40.6 Å². The molecule has 0 radical (unpaired) electrons. The number of amides is 1. The smallest absolute Gasteiger partial charge is 0.284 e. The number of thiazole rings is 1. The van der Waals surface area contributed by atoms with E-state index in [4.69, 9.17) is 4.74 Å². The monoisotopic (exact) mass is 375 g/mol. The van der Waals surface area contributed by atoms with Crippen LogP contribution >= 0.6 is 23.3 Å². The third-order valence-corrected chi connectivity index (χ3v) is 4.82. The van der Waals surface area contributed by atoms with E-state index in [2.05, 4.69) is 15.0 Å². The number of nitrogens with zero attached hydrogens (tertiary/aromatic N) is 1. The first-order chi connectivity index (χ1) is 12.2. The van der Waals surface area contributed by atoms with Gasteiger partial charge < -0.3 is 14.8 Å². The summed E-state index contributed by atoms with van der Waals surface area (Å²) >= 11 is 2.58. The maximum absolute atomic E-state index is 13.0. The third kappa shape index (κ3) is 4.49. The number of hydrogen-bond donors (Lipinski definition) is 2. The van der Waals surface area contributed by atoms with Crippen LogP contribution in [-0.2, 0) is 0 Å². The van der Waals surface area contributed by atoms with Crippen molar-refractivity contribution in [1.82, 2.24) is 4.98 Å². The van der Waals surface area contributed by atoms with Crippen LogP contribution in [0.3, 0.4) is 0 Å². The summed E-state index contributed by atoms with van der Waals surface area (Å²) in [5.74, 6) is 0.106. The lowest BCUT2D eigenvalue weighted by Gasteiger charge is -2.12. The quantitative estimate of drug-likeness (QED) is 0.614. The third-order valence-electron chi connectivity index (χ3n) is 3.17. The first kappa shape index (κ1) is 17.2. The highest BCUT2D eigenvalue weighted by molar-refractivity contribution is 8.00. The fourth-order valence-corrected chi connectivity index (χ4v) is 3.32. The Hall–Kier alpha value is -2.58. The van der Waals surface area contributed by atoms with Gasteiger partial charge in [0.15, 0.2) is 5.01 Å². The van der Waals surface area contributed by atoms with Crippen molar-refractivity contribution in [1.29, 1.82) is 0 Å². The van der Waals surface area contributed by atoms with Gasteiger partial charge in [0.05, 0.1) is 12.0 Å². The summed E-state index contributed by atoms with van der Waals surface area (Å²) in [4.78, 5) is 16.9. The lowest BCUT2D eigenvalue weighted by atomic mass is 10.3. The second-order valence-corrected chi connectivity index (χ2v) is 6.61. The molecule has 0 bridgehead atoms. The maximum Gasteiger partial charge on any atom is 0.284 e. The first-order valence-electron chi connectivity index (χ1n) is 7.23. The Labute approximate surface area is 152 Å². The average molecular weight is 375 g/mol. The summed E-state index contributed by atoms with van der Waals surface area (Å²) < 4.78 is 21.4. The Bertz CT molecular complexity index is 855. The lowest BCUT2D eigenvalue weighted by Crippen LogP contribution is -2.11. The largest absolute Gasteiger partial charge is 0.496 e. The second kappa shape index (κ2) is 8.00. The van der Waals surface area contributed by atoms with E-state index in [0.717, 1.165) is 10.6 Å². The highest BCUT2D eigenvalue weighted by Gasteiger charge is 2.11. The molecule has 1 amide bonds. The van der Waals surface area contributed by atoms with Crippen LogP contribution in [0.1, 0.15) is 9.80 Å². The van der Waals surface area contributed by atoms with Gasteiger partial charge in [-0.15, -0.1) is 11.3 Å². The number of nitrogens with one attached hydrogen (secondary N) is 2. The van der Waals surface area contributed by atoms with Gasteiger partial charge in [-0.2, -0.15) is 0 Å². The van der Waals surface area contributed by atoms with Crippen molar-refractivity contribution in [2.45, 2.75) is 4.90 Å². The second-order valence-electron chi connectivity index (χ2n) is 4.87. The minimum atomic E-state index is -0.292. The van der Waals surface area contributed by atoms with Gasteiger partial charge in [0.25, 0.3) is 5.91 Å². The number of methoxy groups -OCH3 is 1. The number of aromatic nitrogens is 1. The van der Waals surface area contributed by atoms with Gasteiger partial charge in [0.1, 0.15) is 11.6 Å². The number of carbonyl (C=O) groups excluding carboxylic acids is 1. The van der Waals surface area contributed by atoms with Gasteiger partial charge in [-0.05, 0) is 54.4 Å². The molecule has 128 valence electrons. The summed E-state index contributed by atoms with van der Waals surface area (Å²) in [5, 5.41) is 4.95. The van der Waals surface area contributed by atoms with Gasteiger partial charge in [0, 0.05) is 23.0 Å². The Morgan fingerprint density at radius 3 is 2.64 bits per heavy atom. The van der Waals surface area contributed by atoms with Crippen molar-refractivity contribution in [2.75, 3.05) is 17.1 Å². The summed E-state index contributed by atoms with van der Waals surface area (Å²) in [5.41, 5.74) is 1.38. The standard InChI is InChI=1S/C17H14FN3O2S2/c1-23-14-7-6-13(20-16(22)17-19-8-9-24-17)10-15(14)25-21-12-4-2-11(18)3-5-12/h2-10,21H,1H3,(H,20,22). The number of rotatable bonds is 6. The predicted octanol–water partition coefficient (Wildman–Crippen LogP) is 4.66. The predicted molar refractivity (Wildman–Crippen MR) is 98.9 cm³/mol. The zero-order valence-electron chi connectivity index (χ0n) is 13.2. The van der Waals surface area contributed by atoms with Crippen LogP contribution in [0.25, 0.3) is 0 Å². The van der Waals surface area contributed by atoms with E-state index >= 15 is 0 Å². The number of carbonyl (C=O) groups is 1. The SMILES string of the molecule is COc1ccc(NC(=O)c2nccs2)cc1SNc1ccc(F)cc1. The van der Waals surface area contributed by atoms with E-state index in [-0.39, 0.29) is 11.7 Å². The van der Waals surface area contributed by atoms with Crippen LogP contribution in [0.15, 0.2) is 58.9 Å². The van der Waals surface area contributed by atoms with Crippen molar-refractivity contribution < 1.29 is 13.9 Å². The van der Waals surface area contributed by atoms with Crippen LogP contribution in [-0.4, -0.2) is 18.0 Å². The number of ether oxygens (including phenoxy) is 1. The minimum absolute atomic E-state index is 0.261. The molecule has 25 heavy (non-hydrogen) atoms. The minimum Gasteiger partial charge on any atom is -0.496 e. The van der Waals surface area contributed by atoms with Crippen molar-refractivity contribution in [3.05, 3.63) is 64.9 Å². The van der Waals surface area contributed by atoms with E-state index < -0.39 is 0 Å². The fourth-order valence-electron chi connectivity index (χ4n) is 1.99. The molecular formula is C17H14FN3O2S2. The van der Waals surface area contributed by atoms with Crippen LogP contribution in [0.2, 0.25) is 0 Å². The number of hydrogen-bond acceptors (Lipinski definition) is 6.